The Morgan fingerprint density at radius 1 is 0.644 bits per heavy atom. The monoisotopic (exact) mass is 1320 g/mol. The number of carboxylic acids is 1. The van der Waals surface area contributed by atoms with E-state index in [1.165, 1.54) is 26.0 Å². The van der Waals surface area contributed by atoms with Gasteiger partial charge in [0.05, 0.1) is 64.3 Å². The van der Waals surface area contributed by atoms with Gasteiger partial charge >= 0.3 is 50.7 Å². The number of rotatable bonds is 19. The number of phosphoric acid groups is 1. The Bertz CT molecular complexity index is 2920. The van der Waals surface area contributed by atoms with Crippen LogP contribution >= 0.6 is 15.2 Å². The number of halogens is 3. The van der Waals surface area contributed by atoms with Gasteiger partial charge in [-0.15, -0.1) is 10.2 Å². The molecule has 0 unspecified atom stereocenters. The molecule has 0 amide bonds. The first-order valence-electron chi connectivity index (χ1n) is 26.7. The Labute approximate surface area is 548 Å². The molecule has 6 aromatic rings. The summed E-state index contributed by atoms with van der Waals surface area (Å²) in [7, 11) is -6.87. The Morgan fingerprint density at radius 3 is 1.23 bits per heavy atom. The first-order valence-corrected chi connectivity index (χ1v) is 30.8. The first kappa shape index (κ1) is 91.7. The smallest absolute Gasteiger partial charge is 1.00 e. The molecular formula is C56H90AlF3LiN16O11P2+2. The Hall–Kier alpha value is -7.04. The van der Waals surface area contributed by atoms with Crippen molar-refractivity contribution < 1.29 is 102 Å². The minimum absolute atomic E-state index is 0. The second-order valence-electron chi connectivity index (χ2n) is 17.5. The molecule has 0 saturated carbocycles. The van der Waals surface area contributed by atoms with Gasteiger partial charge in [0.2, 0.25) is 0 Å². The van der Waals surface area contributed by atoms with Gasteiger partial charge in [-0.1, -0.05) is 149 Å². The fraction of sp³-hybridized carbons (Fsp3) is 0.357. The van der Waals surface area contributed by atoms with E-state index in [0.29, 0.717) is 43.9 Å². The van der Waals surface area contributed by atoms with Gasteiger partial charge in [0, 0.05) is 37.2 Å². The summed E-state index contributed by atoms with van der Waals surface area (Å²) in [6, 6.07) is 38.9. The van der Waals surface area contributed by atoms with Gasteiger partial charge < -0.3 is 51.6 Å². The van der Waals surface area contributed by atoms with Crippen LogP contribution in [0.3, 0.4) is 0 Å². The number of carbonyl (C=O) groups is 1. The van der Waals surface area contributed by atoms with Crippen LogP contribution in [0.15, 0.2) is 128 Å². The summed E-state index contributed by atoms with van der Waals surface area (Å²) >= 11 is 0. The van der Waals surface area contributed by atoms with Gasteiger partial charge in [-0.25, -0.2) is 4.57 Å². The van der Waals surface area contributed by atoms with Crippen molar-refractivity contribution in [3.05, 3.63) is 183 Å². The summed E-state index contributed by atoms with van der Waals surface area (Å²) in [6.07, 6.45) is -3.86. The molecule has 27 nitrogen and oxygen atoms in total. The SMILES string of the molecule is CC.CCN(CC)CC.CP(C)(=O)OCc1cccc(C[NH+]=C(N)N)c1.N#Cc1cccc(CO)c1.NC(N)=[NH+]Cc1cccc(CO)c1.NC(N)=[NH+]Cc1cccc(COP(=O)(O)O)c1.NCc1cccc(CO)c1.O=C([O-])C(F)(F)F.[Al].[H-].[Li+].c1nn[nH]n1. The van der Waals surface area contributed by atoms with Crippen LogP contribution in [-0.4, -0.2) is 131 Å². The Kier molecular flexibility index (Phi) is 55.9. The molecule has 0 aliphatic carbocycles. The van der Waals surface area contributed by atoms with Gasteiger partial charge in [-0.05, 0) is 81.8 Å². The third-order valence-corrected chi connectivity index (χ3v) is 11.3. The molecule has 1 heterocycles. The normalized spacial score (nSPS) is 9.87. The number of carbonyl (C=O) groups excluding carboxylic acids is 1. The van der Waals surface area contributed by atoms with Crippen molar-refractivity contribution in [2.45, 2.75) is 100 Å². The molecule has 0 fully saturated rings. The molecule has 1 aromatic heterocycles. The zero-order chi connectivity index (χ0) is 67.6. The van der Waals surface area contributed by atoms with E-state index in [9.17, 15) is 22.3 Å². The average molecular weight is 1320 g/mol. The molecule has 0 aliphatic heterocycles. The molecule has 34 heteroatoms. The van der Waals surface area contributed by atoms with E-state index in [0.717, 1.165) is 44.5 Å². The molecule has 90 heavy (non-hydrogen) atoms. The van der Waals surface area contributed by atoms with Crippen LogP contribution < -0.4 is 79.1 Å². The second-order valence-corrected chi connectivity index (χ2v) is 21.5. The molecule has 0 bridgehead atoms. The molecule has 0 spiro atoms. The predicted octanol–water partition coefficient (Wildman–Crippen LogP) is -4.93. The number of phosphoric ester groups is 1. The number of carboxylic acid groups (broad SMARTS) is 1. The molecule has 0 atom stereocenters. The van der Waals surface area contributed by atoms with Crippen LogP contribution in [0.25, 0.3) is 0 Å². The van der Waals surface area contributed by atoms with Gasteiger partial charge in [0.1, 0.15) is 5.97 Å². The summed E-state index contributed by atoms with van der Waals surface area (Å²) in [5.41, 5.74) is 45.8. The number of tetrazole rings is 1. The number of guanidine groups is 3. The van der Waals surface area contributed by atoms with Crippen LogP contribution in [0.4, 0.5) is 13.2 Å². The fourth-order valence-electron chi connectivity index (χ4n) is 5.89. The van der Waals surface area contributed by atoms with Crippen LogP contribution in [0.2, 0.25) is 0 Å². The van der Waals surface area contributed by atoms with E-state index in [-0.39, 0.29) is 82.0 Å². The number of nitrogens with two attached hydrogens (primary N) is 7. The number of alkyl halides is 3. The molecule has 3 radical (unpaired) electrons. The number of benzene rings is 5. The Balaban J connectivity index is -0.000000231. The first-order chi connectivity index (χ1) is 41.5. The summed E-state index contributed by atoms with van der Waals surface area (Å²) < 4.78 is 63.2. The van der Waals surface area contributed by atoms with Crippen LogP contribution in [0.1, 0.15) is 91.7 Å². The summed E-state index contributed by atoms with van der Waals surface area (Å²) in [5.74, 6) is -2.50. The number of H-pyrrole nitrogens is 1. The van der Waals surface area contributed by atoms with Gasteiger partial charge in [0.25, 0.3) is 0 Å². The largest absolute Gasteiger partial charge is 1.00 e. The van der Waals surface area contributed by atoms with E-state index in [1.807, 2.05) is 98.8 Å². The molecular weight excluding hydrogens is 1230 g/mol. The maximum atomic E-state index is 11.4. The number of aliphatic hydroxyl groups is 3. The number of nitriles is 1. The van der Waals surface area contributed by atoms with Crippen molar-refractivity contribution in [2.75, 3.05) is 33.0 Å². The molecule has 5 aromatic carbocycles. The van der Waals surface area contributed by atoms with E-state index in [2.05, 4.69) is 65.8 Å². The van der Waals surface area contributed by atoms with Gasteiger partial charge in [-0.3, -0.25) is 58.5 Å². The molecule has 6 rings (SSSR count). The van der Waals surface area contributed by atoms with Gasteiger partial charge in [-0.2, -0.15) is 23.6 Å². The van der Waals surface area contributed by atoms with Crippen molar-refractivity contribution in [3.63, 3.8) is 0 Å². The quantitative estimate of drug-likeness (QED) is 0.0156. The van der Waals surface area contributed by atoms with E-state index < -0.39 is 27.3 Å². The zero-order valence-corrected chi connectivity index (χ0v) is 55.1. The van der Waals surface area contributed by atoms with Gasteiger partial charge in [0.15, 0.2) is 13.7 Å². The van der Waals surface area contributed by atoms with Crippen molar-refractivity contribution >= 4 is 56.4 Å². The topological polar surface area (TPSA) is 499 Å². The number of aromatic amines is 1. The number of aliphatic hydroxyl groups excluding tert-OH is 3. The maximum absolute atomic E-state index is 11.4. The minimum atomic E-state index is -5.19. The molecule has 0 aliphatic rings. The van der Waals surface area contributed by atoms with E-state index in [1.54, 1.807) is 55.8 Å². The van der Waals surface area contributed by atoms with Crippen molar-refractivity contribution in [2.24, 2.45) is 40.1 Å². The minimum Gasteiger partial charge on any atom is -1.00 e. The van der Waals surface area contributed by atoms with Crippen molar-refractivity contribution in [3.8, 4) is 6.07 Å². The standard InChI is InChI=1S/C11H18N3O2P.C9H14N3O4P.C9H13N3O.C8H11NO.C8H7NO.C6H15N.C2HF3O2.C2H6.CH2N4.Al.Li.H/c1-17(2,15)16-8-10-5-3-4-9(6-10)7-14-11(12)13;10-9(11)12-5-7-2-1-3-8(4-7)6-16-17(13,14)15;10-9(11)12-5-7-2-1-3-8(4-7)6-13;2*9-5-7-2-1-3-8(4-7)6-10;1-4-7(5-2)6-3;3-2(4,5)1(6)7;1-2;1-2-4-5-3-1;;;/h3-6H,7-8H2,1-2H3,(H4,12,13,14);1-4H,5-6H2,(H4,10,11,12)(H2,13,14,15);1-4,13H,5-6H2,(H4,10,11,12);1-4,10H,5-6,9H2;1-4,10H,6H2;4-6H2,1-3H3;(H,6,7);1-2H3;1H,(H,2,3,4,5);;;/q;;;;;;;;;;+1;-1/p+2. The number of aliphatic carboxylic acids is 1. The summed E-state index contributed by atoms with van der Waals surface area (Å²) in [5, 5.41) is 55.6. The number of aromatic nitrogens is 4. The fourth-order valence-corrected chi connectivity index (χ4v) is 6.67. The average Bonchev–Trinajstić information content (AvgIpc) is 3.91. The summed E-state index contributed by atoms with van der Waals surface area (Å²) in [4.78, 5) is 36.7. The van der Waals surface area contributed by atoms with Crippen molar-refractivity contribution in [1.82, 2.24) is 25.5 Å². The van der Waals surface area contributed by atoms with Crippen molar-refractivity contribution in [1.29, 1.82) is 5.26 Å². The molecule has 493 valence electrons. The molecule has 23 N–H and O–H groups in total. The Morgan fingerprint density at radius 2 is 0.967 bits per heavy atom. The zero-order valence-electron chi connectivity index (χ0n) is 53.2. The third-order valence-electron chi connectivity index (χ3n) is 10.1. The number of hydrogen-bond acceptors (Lipinski definition) is 15. The van der Waals surface area contributed by atoms with Crippen LogP contribution in [-0.2, 0) is 82.2 Å². The van der Waals surface area contributed by atoms with E-state index >= 15 is 0 Å². The predicted molar refractivity (Wildman–Crippen MR) is 335 cm³/mol. The number of hydrogen-bond donors (Lipinski definition) is 16. The second kappa shape index (κ2) is 54.9. The maximum Gasteiger partial charge on any atom is 1.00 e. The third kappa shape index (κ3) is 55.1. The van der Waals surface area contributed by atoms with Crippen LogP contribution in [0, 0.1) is 11.3 Å². The van der Waals surface area contributed by atoms with Crippen LogP contribution in [0.5, 0.6) is 0 Å². The number of nitrogens with one attached hydrogen (secondary N) is 4. The summed E-state index contributed by atoms with van der Waals surface area (Å²) in [6.45, 7) is 19.8. The van der Waals surface area contributed by atoms with E-state index in [4.69, 9.17) is 84.9 Å². The molecule has 0 saturated heterocycles. The number of nitrogens with zero attached hydrogens (tertiary/aromatic N) is 5.